The van der Waals surface area contributed by atoms with Crippen LogP contribution >= 0.6 is 0 Å². The summed E-state index contributed by atoms with van der Waals surface area (Å²) in [5.74, 6) is 0.606. The lowest BCUT2D eigenvalue weighted by Gasteiger charge is -2.32. The quantitative estimate of drug-likeness (QED) is 0.409. The molecule has 7 nitrogen and oxygen atoms in total. The number of benzene rings is 3. The van der Waals surface area contributed by atoms with E-state index >= 15 is 0 Å². The first-order valence-electron chi connectivity index (χ1n) is 12.1. The van der Waals surface area contributed by atoms with E-state index in [0.717, 1.165) is 44.4 Å². The number of aromatic amines is 1. The molecule has 188 valence electrons. The average Bonchev–Trinajstić information content (AvgIpc) is 3.21. The van der Waals surface area contributed by atoms with Gasteiger partial charge in [0.1, 0.15) is 17.2 Å². The fourth-order valence-corrected chi connectivity index (χ4v) is 5.00. The number of aromatic nitrogens is 1. The Morgan fingerprint density at radius 1 is 0.973 bits per heavy atom. The van der Waals surface area contributed by atoms with Crippen LogP contribution in [0.4, 0.5) is 0 Å². The lowest BCUT2D eigenvalue weighted by Crippen LogP contribution is -2.39. The van der Waals surface area contributed by atoms with Crippen molar-refractivity contribution < 1.29 is 19.1 Å². The number of amides is 2. The largest absolute Gasteiger partial charge is 0.497 e. The lowest BCUT2D eigenvalue weighted by molar-refractivity contribution is -0.128. The predicted molar refractivity (Wildman–Crippen MR) is 143 cm³/mol. The molecule has 2 amide bonds. The van der Waals surface area contributed by atoms with Crippen molar-refractivity contribution >= 4 is 28.3 Å². The van der Waals surface area contributed by atoms with E-state index in [-0.39, 0.29) is 12.3 Å². The van der Waals surface area contributed by atoms with Crippen LogP contribution < -0.4 is 14.8 Å². The lowest BCUT2D eigenvalue weighted by atomic mass is 9.88. The van der Waals surface area contributed by atoms with E-state index in [1.165, 1.54) is 0 Å². The zero-order valence-electron chi connectivity index (χ0n) is 21.3. The number of ether oxygens (including phenoxy) is 2. The number of hydrogen-bond acceptors (Lipinski definition) is 5. The van der Waals surface area contributed by atoms with Gasteiger partial charge in [0.15, 0.2) is 0 Å². The maximum Gasteiger partial charge on any atom is 0.274 e. The van der Waals surface area contributed by atoms with Crippen LogP contribution in [0.25, 0.3) is 16.5 Å². The first kappa shape index (κ1) is 24.2. The van der Waals surface area contributed by atoms with E-state index < -0.39 is 5.91 Å². The average molecular weight is 496 g/mol. The number of fused-ring (bicyclic) bond motifs is 2. The normalized spacial score (nSPS) is 12.9. The molecule has 1 aromatic heterocycles. The van der Waals surface area contributed by atoms with Gasteiger partial charge in [-0.3, -0.25) is 14.9 Å². The van der Waals surface area contributed by atoms with Crippen molar-refractivity contribution in [2.45, 2.75) is 19.9 Å². The molecule has 0 bridgehead atoms. The highest BCUT2D eigenvalue weighted by atomic mass is 16.5. The van der Waals surface area contributed by atoms with Gasteiger partial charge in [0.2, 0.25) is 5.91 Å². The molecule has 37 heavy (non-hydrogen) atoms. The number of rotatable bonds is 6. The summed E-state index contributed by atoms with van der Waals surface area (Å²) in [5, 5.41) is 3.55. The first-order chi connectivity index (χ1) is 17.9. The molecule has 1 aliphatic rings. The third-order valence-corrected chi connectivity index (χ3v) is 6.81. The number of imide groups is 1. The van der Waals surface area contributed by atoms with Crippen molar-refractivity contribution in [2.75, 3.05) is 21.3 Å². The molecule has 0 atom stereocenters. The minimum absolute atomic E-state index is 0.0623. The molecule has 5 rings (SSSR count). The van der Waals surface area contributed by atoms with Gasteiger partial charge in [-0.05, 0) is 59.5 Å². The monoisotopic (exact) mass is 495 g/mol. The van der Waals surface area contributed by atoms with E-state index in [9.17, 15) is 9.59 Å². The van der Waals surface area contributed by atoms with Crippen LogP contribution in [0.1, 0.15) is 27.9 Å². The topological polar surface area (TPSA) is 83.7 Å². The van der Waals surface area contributed by atoms with Crippen LogP contribution in [0.2, 0.25) is 0 Å². The van der Waals surface area contributed by atoms with E-state index in [1.54, 1.807) is 14.2 Å². The van der Waals surface area contributed by atoms with Crippen molar-refractivity contribution in [3.8, 4) is 11.5 Å². The second-order valence-corrected chi connectivity index (χ2v) is 9.16. The minimum Gasteiger partial charge on any atom is -0.497 e. The number of aryl methyl sites for hydroxylation is 1. The van der Waals surface area contributed by atoms with E-state index in [2.05, 4.69) is 10.3 Å². The summed E-state index contributed by atoms with van der Waals surface area (Å²) in [4.78, 5) is 32.0. The van der Waals surface area contributed by atoms with Crippen molar-refractivity contribution in [1.29, 1.82) is 0 Å². The van der Waals surface area contributed by atoms with E-state index in [4.69, 9.17) is 9.47 Å². The summed E-state index contributed by atoms with van der Waals surface area (Å²) < 4.78 is 10.8. The second kappa shape index (κ2) is 9.85. The first-order valence-corrected chi connectivity index (χ1v) is 12.1. The van der Waals surface area contributed by atoms with Gasteiger partial charge < -0.3 is 19.4 Å². The summed E-state index contributed by atoms with van der Waals surface area (Å²) in [7, 11) is 5.10. The summed E-state index contributed by atoms with van der Waals surface area (Å²) in [6.45, 7) is 2.46. The van der Waals surface area contributed by atoms with Gasteiger partial charge in [-0.1, -0.05) is 36.4 Å². The molecule has 2 N–H and O–H groups in total. The molecule has 0 unspecified atom stereocenters. The smallest absolute Gasteiger partial charge is 0.274 e. The highest BCUT2D eigenvalue weighted by Gasteiger charge is 2.30. The number of carbonyl (C=O) groups excluding carboxylic acids is 2. The third kappa shape index (κ3) is 4.56. The standard InChI is InChI=1S/C30H29N3O4/c1-18-23(25-15-22(37-4)12-13-26(25)31-18)16-27(34)32-30(35)29-28(19-8-6-5-7-9-19)24-14-21(36-3)11-10-20(24)17-33(29)2/h5-15,31H,16-17H2,1-4H3,(H,32,34,35). The van der Waals surface area contributed by atoms with E-state index in [0.29, 0.717) is 23.7 Å². The number of hydrogen-bond donors (Lipinski definition) is 2. The Hall–Kier alpha value is -4.52. The van der Waals surface area contributed by atoms with Crippen molar-refractivity contribution in [3.63, 3.8) is 0 Å². The highest BCUT2D eigenvalue weighted by Crippen LogP contribution is 2.37. The molecule has 4 aromatic rings. The summed E-state index contributed by atoms with van der Waals surface area (Å²) in [5.41, 5.74) is 6.72. The fraction of sp³-hybridized carbons (Fsp3) is 0.200. The van der Waals surface area contributed by atoms with Crippen molar-refractivity contribution in [1.82, 2.24) is 15.2 Å². The Morgan fingerprint density at radius 3 is 2.41 bits per heavy atom. The van der Waals surface area contributed by atoms with Crippen molar-refractivity contribution in [3.05, 3.63) is 100 Å². The molecule has 1 aliphatic heterocycles. The molecule has 0 saturated carbocycles. The van der Waals surface area contributed by atoms with Gasteiger partial charge >= 0.3 is 0 Å². The number of nitrogens with one attached hydrogen (secondary N) is 2. The molecule has 0 aliphatic carbocycles. The number of nitrogens with zero attached hydrogens (tertiary/aromatic N) is 1. The third-order valence-electron chi connectivity index (χ3n) is 6.81. The van der Waals surface area contributed by atoms with Crippen LogP contribution in [0.15, 0.2) is 72.4 Å². The van der Waals surface area contributed by atoms with Crippen LogP contribution in [0, 0.1) is 6.92 Å². The van der Waals surface area contributed by atoms with Crippen LogP contribution in [-0.4, -0.2) is 43.0 Å². The number of H-pyrrole nitrogens is 1. The highest BCUT2D eigenvalue weighted by molar-refractivity contribution is 6.11. The molecule has 3 aromatic carbocycles. The number of methoxy groups -OCH3 is 2. The predicted octanol–water partition coefficient (Wildman–Crippen LogP) is 4.58. The molecule has 2 heterocycles. The van der Waals surface area contributed by atoms with Crippen LogP contribution in [0.5, 0.6) is 11.5 Å². The van der Waals surface area contributed by atoms with Crippen molar-refractivity contribution in [2.24, 2.45) is 0 Å². The van der Waals surface area contributed by atoms with Gasteiger partial charge in [0, 0.05) is 35.8 Å². The summed E-state index contributed by atoms with van der Waals surface area (Å²) >= 11 is 0. The van der Waals surface area contributed by atoms with Gasteiger partial charge in [-0.2, -0.15) is 0 Å². The SMILES string of the molecule is COc1ccc2c(c1)C(c1ccccc1)=C(C(=O)NC(=O)Cc1c(C)[nH]c3ccc(OC)cc13)N(C)C2. The zero-order chi connectivity index (χ0) is 26.1. The Morgan fingerprint density at radius 2 is 1.68 bits per heavy atom. The second-order valence-electron chi connectivity index (χ2n) is 9.16. The zero-order valence-corrected chi connectivity index (χ0v) is 21.3. The van der Waals surface area contributed by atoms with Crippen LogP contribution in [-0.2, 0) is 22.6 Å². The maximum atomic E-state index is 13.7. The van der Waals surface area contributed by atoms with Crippen LogP contribution in [0.3, 0.4) is 0 Å². The Labute approximate surface area is 215 Å². The molecule has 0 saturated heterocycles. The molecule has 7 heteroatoms. The molecule has 0 spiro atoms. The van der Waals surface area contributed by atoms with Gasteiger partial charge in [-0.15, -0.1) is 0 Å². The Bertz CT molecular complexity index is 1540. The summed E-state index contributed by atoms with van der Waals surface area (Å²) in [6, 6.07) is 21.3. The Balaban J connectivity index is 1.51. The van der Waals surface area contributed by atoms with Gasteiger partial charge in [0.05, 0.1) is 20.6 Å². The molecule has 0 fully saturated rings. The van der Waals surface area contributed by atoms with Gasteiger partial charge in [-0.25, -0.2) is 0 Å². The van der Waals surface area contributed by atoms with Gasteiger partial charge in [0.25, 0.3) is 5.91 Å². The molecule has 0 radical (unpaired) electrons. The molecular formula is C30H29N3O4. The molecular weight excluding hydrogens is 466 g/mol. The maximum absolute atomic E-state index is 13.7. The number of carbonyl (C=O) groups is 2. The Kier molecular flexibility index (Phi) is 6.44. The fourth-order valence-electron chi connectivity index (χ4n) is 5.00. The minimum atomic E-state index is -0.435. The van der Waals surface area contributed by atoms with E-state index in [1.807, 2.05) is 85.6 Å². The number of likely N-dealkylation sites (N-methyl/N-ethyl adjacent to an activating group) is 1. The summed E-state index contributed by atoms with van der Waals surface area (Å²) in [6.07, 6.45) is 0.0623.